The Labute approximate surface area is 104 Å². The van der Waals surface area contributed by atoms with E-state index in [0.717, 1.165) is 0 Å². The van der Waals surface area contributed by atoms with Gasteiger partial charge in [-0.25, -0.2) is 4.98 Å². The van der Waals surface area contributed by atoms with Crippen LogP contribution in [0.15, 0.2) is 18.3 Å². The summed E-state index contributed by atoms with van der Waals surface area (Å²) < 4.78 is 39.5. The van der Waals surface area contributed by atoms with Crippen molar-refractivity contribution in [2.45, 2.75) is 11.7 Å². The van der Waals surface area contributed by atoms with Gasteiger partial charge in [0, 0.05) is 19.2 Å². The summed E-state index contributed by atoms with van der Waals surface area (Å²) in [7, 11) is -3.33. The van der Waals surface area contributed by atoms with Gasteiger partial charge in [-0.2, -0.15) is 8.42 Å². The van der Waals surface area contributed by atoms with Crippen molar-refractivity contribution in [2.75, 3.05) is 18.6 Å². The summed E-state index contributed by atoms with van der Waals surface area (Å²) in [5.74, 6) is -0.268. The molecule has 1 unspecified atom stereocenters. The summed E-state index contributed by atoms with van der Waals surface area (Å²) in [5, 5.41) is -1.32. The number of carbonyl (C=O) groups excluding carboxylic acids is 1. The number of carbonyl (C=O) groups is 1. The molecule has 0 spiro atoms. The summed E-state index contributed by atoms with van der Waals surface area (Å²) in [6, 6.07) is 3.15. The molecule has 98 valence electrons. The van der Waals surface area contributed by atoms with Gasteiger partial charge in [-0.1, -0.05) is 0 Å². The van der Waals surface area contributed by atoms with Crippen molar-refractivity contribution in [1.82, 2.24) is 4.98 Å². The van der Waals surface area contributed by atoms with Crippen LogP contribution in [0.4, 0.5) is 9.57 Å². The number of methoxy groups -OCH3 is 1. The highest BCUT2D eigenvalue weighted by molar-refractivity contribution is 7.87. The summed E-state index contributed by atoms with van der Waals surface area (Å²) >= 11 is 0. The molecule has 1 aromatic rings. The van der Waals surface area contributed by atoms with E-state index >= 15 is 0 Å². The first-order chi connectivity index (χ1) is 8.43. The molecule has 6 nitrogen and oxygen atoms in total. The van der Waals surface area contributed by atoms with Crippen molar-refractivity contribution >= 4 is 21.8 Å². The third-order valence-electron chi connectivity index (χ3n) is 2.72. The summed E-state index contributed by atoms with van der Waals surface area (Å²) in [6.07, 6.45) is 1.11. The Kier molecular flexibility index (Phi) is 3.20. The highest BCUT2D eigenvalue weighted by atomic mass is 32.3. The Morgan fingerprint density at radius 1 is 1.56 bits per heavy atom. The minimum atomic E-state index is -4.72. The fourth-order valence-electron chi connectivity index (χ4n) is 1.84. The lowest BCUT2D eigenvalue weighted by molar-refractivity contribution is -0.117. The van der Waals surface area contributed by atoms with E-state index in [4.69, 9.17) is 4.74 Å². The second-order valence-corrected chi connectivity index (χ2v) is 5.46. The van der Waals surface area contributed by atoms with Crippen LogP contribution in [0.5, 0.6) is 5.88 Å². The van der Waals surface area contributed by atoms with Crippen molar-refractivity contribution in [3.63, 3.8) is 0 Å². The molecule has 0 aromatic carbocycles. The molecule has 0 radical (unpaired) electrons. The number of hydrogen-bond donors (Lipinski definition) is 0. The van der Waals surface area contributed by atoms with E-state index in [1.54, 1.807) is 12.1 Å². The predicted molar refractivity (Wildman–Crippen MR) is 61.6 cm³/mol. The topological polar surface area (TPSA) is 76.6 Å². The molecular weight excluding hydrogens is 263 g/mol. The molecule has 2 rings (SSSR count). The second-order valence-electron chi connectivity index (χ2n) is 3.84. The minimum absolute atomic E-state index is 0.197. The smallest absolute Gasteiger partial charge is 0.307 e. The number of pyridine rings is 1. The van der Waals surface area contributed by atoms with Gasteiger partial charge in [0.15, 0.2) is 0 Å². The molecule has 0 saturated carbocycles. The number of hydrogen-bond acceptors (Lipinski definition) is 5. The molecule has 8 heteroatoms. The van der Waals surface area contributed by atoms with Gasteiger partial charge < -0.3 is 9.64 Å². The van der Waals surface area contributed by atoms with E-state index in [1.807, 2.05) is 0 Å². The first-order valence-electron chi connectivity index (χ1n) is 5.16. The molecule has 0 N–H and O–H groups in total. The maximum atomic E-state index is 12.9. The highest BCUT2D eigenvalue weighted by Gasteiger charge is 2.40. The fraction of sp³-hybridized carbons (Fsp3) is 0.400. The normalized spacial score (nSPS) is 20.2. The van der Waals surface area contributed by atoms with Crippen molar-refractivity contribution < 1.29 is 21.8 Å². The van der Waals surface area contributed by atoms with Gasteiger partial charge in [-0.15, -0.1) is 3.89 Å². The fourth-order valence-corrected chi connectivity index (χ4v) is 2.51. The van der Waals surface area contributed by atoms with E-state index in [-0.39, 0.29) is 18.8 Å². The average Bonchev–Trinajstić information content (AvgIpc) is 2.71. The number of nitrogens with zero attached hydrogens (tertiary/aromatic N) is 2. The van der Waals surface area contributed by atoms with Gasteiger partial charge in [-0.3, -0.25) is 4.79 Å². The zero-order valence-electron chi connectivity index (χ0n) is 9.54. The first kappa shape index (κ1) is 12.7. The molecule has 0 bridgehead atoms. The van der Waals surface area contributed by atoms with Crippen molar-refractivity contribution in [2.24, 2.45) is 0 Å². The van der Waals surface area contributed by atoms with Crippen molar-refractivity contribution in [1.29, 1.82) is 0 Å². The van der Waals surface area contributed by atoms with Crippen LogP contribution in [0, 0.1) is 0 Å². The van der Waals surface area contributed by atoms with Gasteiger partial charge in [-0.05, 0) is 12.1 Å². The summed E-state index contributed by atoms with van der Waals surface area (Å²) in [5.41, 5.74) is 0.344. The zero-order valence-corrected chi connectivity index (χ0v) is 10.4. The summed E-state index contributed by atoms with van der Waals surface area (Å²) in [6.45, 7) is -0.223. The standard InChI is InChI=1S/C10H11FN2O4S/c1-17-10-8(3-2-4-12-10)13-6-7(5-9(13)14)18(11,15)16/h2-4,7H,5-6H2,1H3. The monoisotopic (exact) mass is 274 g/mol. The maximum absolute atomic E-state index is 12.9. The molecule has 1 fully saturated rings. The van der Waals surface area contributed by atoms with E-state index in [2.05, 4.69) is 4.98 Å². The van der Waals surface area contributed by atoms with Crippen LogP contribution in [-0.2, 0) is 15.0 Å². The van der Waals surface area contributed by atoms with Gasteiger partial charge in [0.2, 0.25) is 11.8 Å². The zero-order chi connectivity index (χ0) is 13.3. The Hall–Kier alpha value is -1.70. The lowest BCUT2D eigenvalue weighted by atomic mass is 10.3. The number of rotatable bonds is 3. The number of aromatic nitrogens is 1. The Morgan fingerprint density at radius 2 is 2.28 bits per heavy atom. The Morgan fingerprint density at radius 3 is 2.83 bits per heavy atom. The largest absolute Gasteiger partial charge is 0.480 e. The van der Waals surface area contributed by atoms with E-state index < -0.39 is 21.4 Å². The summed E-state index contributed by atoms with van der Waals surface area (Å²) in [4.78, 5) is 16.8. The molecule has 1 aromatic heterocycles. The quantitative estimate of drug-likeness (QED) is 0.750. The maximum Gasteiger partial charge on any atom is 0.307 e. The van der Waals surface area contributed by atoms with Crippen LogP contribution in [0.2, 0.25) is 0 Å². The van der Waals surface area contributed by atoms with Crippen molar-refractivity contribution in [3.8, 4) is 5.88 Å². The molecule has 1 atom stereocenters. The Bertz CT molecular complexity index is 575. The molecule has 0 aliphatic carbocycles. The molecule has 2 heterocycles. The first-order valence-corrected chi connectivity index (χ1v) is 6.61. The van der Waals surface area contributed by atoms with Crippen LogP contribution in [0.3, 0.4) is 0 Å². The van der Waals surface area contributed by atoms with Crippen LogP contribution in [-0.4, -0.2) is 38.2 Å². The van der Waals surface area contributed by atoms with Gasteiger partial charge >= 0.3 is 10.2 Å². The van der Waals surface area contributed by atoms with E-state index in [9.17, 15) is 17.1 Å². The highest BCUT2D eigenvalue weighted by Crippen LogP contribution is 2.31. The third kappa shape index (κ3) is 2.28. The predicted octanol–water partition coefficient (Wildman–Crippen LogP) is 0.495. The molecule has 1 saturated heterocycles. The molecule has 18 heavy (non-hydrogen) atoms. The van der Waals surface area contributed by atoms with Gasteiger partial charge in [0.25, 0.3) is 0 Å². The number of anilines is 1. The van der Waals surface area contributed by atoms with Gasteiger partial charge in [0.1, 0.15) is 10.9 Å². The lowest BCUT2D eigenvalue weighted by Gasteiger charge is -2.17. The third-order valence-corrected chi connectivity index (χ3v) is 3.83. The molecule has 1 amide bonds. The number of ether oxygens (including phenoxy) is 1. The SMILES string of the molecule is COc1ncccc1N1CC(S(=O)(=O)F)CC1=O. The minimum Gasteiger partial charge on any atom is -0.480 e. The molecule has 1 aliphatic heterocycles. The Balaban J connectivity index is 2.33. The second kappa shape index (κ2) is 4.52. The van der Waals surface area contributed by atoms with E-state index in [0.29, 0.717) is 5.69 Å². The van der Waals surface area contributed by atoms with E-state index in [1.165, 1.54) is 18.2 Å². The van der Waals surface area contributed by atoms with Crippen LogP contribution >= 0.6 is 0 Å². The van der Waals surface area contributed by atoms with Gasteiger partial charge in [0.05, 0.1) is 7.11 Å². The lowest BCUT2D eigenvalue weighted by Crippen LogP contribution is -2.27. The average molecular weight is 274 g/mol. The molecule has 1 aliphatic rings. The van der Waals surface area contributed by atoms with Crippen LogP contribution < -0.4 is 9.64 Å². The van der Waals surface area contributed by atoms with Crippen LogP contribution in [0.25, 0.3) is 0 Å². The number of amides is 1. The van der Waals surface area contributed by atoms with Crippen molar-refractivity contribution in [3.05, 3.63) is 18.3 Å². The van der Waals surface area contributed by atoms with Crippen LogP contribution in [0.1, 0.15) is 6.42 Å². The number of halogens is 1. The molecular formula is C10H11FN2O4S.